The van der Waals surface area contributed by atoms with Crippen molar-refractivity contribution >= 4 is 23.1 Å². The second-order valence-corrected chi connectivity index (χ2v) is 4.32. The van der Waals surface area contributed by atoms with Crippen LogP contribution in [0.25, 0.3) is 0 Å². The van der Waals surface area contributed by atoms with Gasteiger partial charge in [-0.05, 0) is 24.1 Å². The number of benzene rings is 1. The Morgan fingerprint density at radius 3 is 2.83 bits per heavy atom. The first-order chi connectivity index (χ1) is 8.49. The minimum Gasteiger partial charge on any atom is -0.378 e. The van der Waals surface area contributed by atoms with Crippen molar-refractivity contribution in [2.75, 3.05) is 5.73 Å². The van der Waals surface area contributed by atoms with Gasteiger partial charge in [0, 0.05) is 5.02 Å². The molecule has 6 nitrogen and oxygen atoms in total. The molecule has 0 radical (unpaired) electrons. The molecular formula is C11H11ClN4O2. The molecule has 1 heterocycles. The molecule has 1 aromatic heterocycles. The molecule has 0 atom stereocenters. The molecule has 7 heteroatoms. The van der Waals surface area contributed by atoms with Gasteiger partial charge in [-0.3, -0.25) is 10.1 Å². The van der Waals surface area contributed by atoms with Crippen molar-refractivity contribution in [3.63, 3.8) is 0 Å². The second-order valence-electron chi connectivity index (χ2n) is 3.91. The molecule has 0 saturated heterocycles. The largest absolute Gasteiger partial charge is 0.378 e. The summed E-state index contributed by atoms with van der Waals surface area (Å²) in [5.74, 6) is 0.0386. The zero-order valence-electron chi connectivity index (χ0n) is 9.63. The molecule has 1 aromatic carbocycles. The van der Waals surface area contributed by atoms with Crippen LogP contribution in [0.15, 0.2) is 24.4 Å². The maximum absolute atomic E-state index is 10.6. The number of anilines is 1. The van der Waals surface area contributed by atoms with E-state index in [0.29, 0.717) is 11.6 Å². The van der Waals surface area contributed by atoms with Gasteiger partial charge in [0.05, 0.1) is 11.5 Å². The fraction of sp³-hybridized carbons (Fsp3) is 0.182. The maximum Gasteiger partial charge on any atom is 0.330 e. The first-order valence-corrected chi connectivity index (χ1v) is 5.57. The van der Waals surface area contributed by atoms with Crippen LogP contribution in [0.5, 0.6) is 0 Å². The lowest BCUT2D eigenvalue weighted by atomic mass is 10.1. The van der Waals surface area contributed by atoms with E-state index in [1.165, 1.54) is 4.68 Å². The normalized spacial score (nSPS) is 10.6. The number of nitrogen functional groups attached to an aromatic ring is 1. The Hall–Kier alpha value is -2.08. The van der Waals surface area contributed by atoms with Gasteiger partial charge in [0.25, 0.3) is 0 Å². The molecule has 2 rings (SSSR count). The molecule has 0 unspecified atom stereocenters. The SMILES string of the molecule is Cc1ccc(Cn2ncc([N+](=O)[O-])c2N)cc1Cl. The van der Waals surface area contributed by atoms with Crippen LogP contribution in [0.4, 0.5) is 11.5 Å². The zero-order chi connectivity index (χ0) is 13.3. The monoisotopic (exact) mass is 266 g/mol. The highest BCUT2D eigenvalue weighted by Crippen LogP contribution is 2.22. The fourth-order valence-electron chi connectivity index (χ4n) is 1.56. The number of rotatable bonds is 3. The van der Waals surface area contributed by atoms with Gasteiger partial charge in [0.2, 0.25) is 5.82 Å². The molecule has 0 spiro atoms. The van der Waals surface area contributed by atoms with E-state index < -0.39 is 4.92 Å². The summed E-state index contributed by atoms with van der Waals surface area (Å²) < 4.78 is 1.37. The van der Waals surface area contributed by atoms with E-state index in [1.54, 1.807) is 6.07 Å². The van der Waals surface area contributed by atoms with E-state index in [2.05, 4.69) is 5.10 Å². The Morgan fingerprint density at radius 2 is 2.28 bits per heavy atom. The molecule has 0 aliphatic rings. The summed E-state index contributed by atoms with van der Waals surface area (Å²) in [5.41, 5.74) is 7.32. The zero-order valence-corrected chi connectivity index (χ0v) is 10.4. The minimum absolute atomic E-state index is 0.0386. The molecule has 2 N–H and O–H groups in total. The highest BCUT2D eigenvalue weighted by atomic mass is 35.5. The molecule has 0 aliphatic heterocycles. The van der Waals surface area contributed by atoms with Gasteiger partial charge in [-0.2, -0.15) is 5.10 Å². The van der Waals surface area contributed by atoms with Gasteiger partial charge in [-0.15, -0.1) is 0 Å². The summed E-state index contributed by atoms with van der Waals surface area (Å²) in [5, 5.41) is 15.2. The summed E-state index contributed by atoms with van der Waals surface area (Å²) in [4.78, 5) is 10.1. The van der Waals surface area contributed by atoms with Crippen LogP contribution in [0.1, 0.15) is 11.1 Å². The lowest BCUT2D eigenvalue weighted by molar-refractivity contribution is -0.384. The summed E-state index contributed by atoms with van der Waals surface area (Å²) in [7, 11) is 0. The highest BCUT2D eigenvalue weighted by molar-refractivity contribution is 6.31. The Kier molecular flexibility index (Phi) is 3.20. The van der Waals surface area contributed by atoms with Gasteiger partial charge < -0.3 is 5.73 Å². The average Bonchev–Trinajstić information content (AvgIpc) is 2.66. The average molecular weight is 267 g/mol. The van der Waals surface area contributed by atoms with E-state index in [0.717, 1.165) is 17.3 Å². The van der Waals surface area contributed by atoms with Crippen molar-refractivity contribution in [2.24, 2.45) is 0 Å². The van der Waals surface area contributed by atoms with Gasteiger partial charge >= 0.3 is 5.69 Å². The van der Waals surface area contributed by atoms with E-state index in [4.69, 9.17) is 17.3 Å². The minimum atomic E-state index is -0.555. The van der Waals surface area contributed by atoms with E-state index in [-0.39, 0.29) is 11.5 Å². The van der Waals surface area contributed by atoms with Crippen LogP contribution in [-0.2, 0) is 6.54 Å². The summed E-state index contributed by atoms with van der Waals surface area (Å²) in [6, 6.07) is 5.56. The number of hydrogen-bond acceptors (Lipinski definition) is 4. The third-order valence-corrected chi connectivity index (χ3v) is 3.03. The Labute approximate surface area is 108 Å². The molecule has 0 fully saturated rings. The van der Waals surface area contributed by atoms with Crippen molar-refractivity contribution in [2.45, 2.75) is 13.5 Å². The van der Waals surface area contributed by atoms with Gasteiger partial charge in [0.15, 0.2) is 0 Å². The topological polar surface area (TPSA) is 87.0 Å². The quantitative estimate of drug-likeness (QED) is 0.682. The predicted molar refractivity (Wildman–Crippen MR) is 68.6 cm³/mol. The highest BCUT2D eigenvalue weighted by Gasteiger charge is 2.17. The van der Waals surface area contributed by atoms with Crippen LogP contribution >= 0.6 is 11.6 Å². The number of aromatic nitrogens is 2. The van der Waals surface area contributed by atoms with Crippen molar-refractivity contribution in [3.8, 4) is 0 Å². The van der Waals surface area contributed by atoms with Crippen molar-refractivity contribution in [1.29, 1.82) is 0 Å². The molecular weight excluding hydrogens is 256 g/mol. The number of nitro groups is 1. The fourth-order valence-corrected chi connectivity index (χ4v) is 1.76. The van der Waals surface area contributed by atoms with Gasteiger partial charge in [0.1, 0.15) is 6.20 Å². The number of nitrogens with zero attached hydrogens (tertiary/aromatic N) is 3. The van der Waals surface area contributed by atoms with Crippen molar-refractivity contribution in [1.82, 2.24) is 9.78 Å². The van der Waals surface area contributed by atoms with Gasteiger partial charge in [-0.1, -0.05) is 23.7 Å². The third-order valence-electron chi connectivity index (χ3n) is 2.63. The van der Waals surface area contributed by atoms with Crippen LogP contribution < -0.4 is 5.73 Å². The van der Waals surface area contributed by atoms with Gasteiger partial charge in [-0.25, -0.2) is 4.68 Å². The molecule has 0 saturated carbocycles. The summed E-state index contributed by atoms with van der Waals surface area (Å²) >= 11 is 6.01. The molecule has 0 aliphatic carbocycles. The van der Waals surface area contributed by atoms with Crippen LogP contribution in [0, 0.1) is 17.0 Å². The first-order valence-electron chi connectivity index (χ1n) is 5.19. The Bertz CT molecular complexity index is 609. The molecule has 0 amide bonds. The van der Waals surface area contributed by atoms with Crippen LogP contribution in [-0.4, -0.2) is 14.7 Å². The van der Waals surface area contributed by atoms with E-state index in [9.17, 15) is 10.1 Å². The number of hydrogen-bond donors (Lipinski definition) is 1. The lowest BCUT2D eigenvalue weighted by Crippen LogP contribution is -2.06. The summed E-state index contributed by atoms with van der Waals surface area (Å²) in [6.07, 6.45) is 1.14. The molecule has 94 valence electrons. The number of nitrogens with two attached hydrogens (primary N) is 1. The summed E-state index contributed by atoms with van der Waals surface area (Å²) in [6.45, 7) is 2.25. The molecule has 18 heavy (non-hydrogen) atoms. The van der Waals surface area contributed by atoms with Crippen LogP contribution in [0.3, 0.4) is 0 Å². The second kappa shape index (κ2) is 4.66. The standard InChI is InChI=1S/C11H11ClN4O2/c1-7-2-3-8(4-9(7)12)6-15-11(13)10(5-14-15)16(17)18/h2-5H,6,13H2,1H3. The smallest absolute Gasteiger partial charge is 0.330 e. The molecule has 0 bridgehead atoms. The maximum atomic E-state index is 10.6. The van der Waals surface area contributed by atoms with Crippen molar-refractivity contribution < 1.29 is 4.92 Å². The van der Waals surface area contributed by atoms with E-state index >= 15 is 0 Å². The number of halogens is 1. The lowest BCUT2D eigenvalue weighted by Gasteiger charge is -2.05. The first kappa shape index (κ1) is 12.4. The third kappa shape index (κ3) is 2.28. The Balaban J connectivity index is 2.29. The molecule has 2 aromatic rings. The van der Waals surface area contributed by atoms with Crippen LogP contribution in [0.2, 0.25) is 5.02 Å². The van der Waals surface area contributed by atoms with E-state index in [1.807, 2.05) is 19.1 Å². The Morgan fingerprint density at radius 1 is 1.56 bits per heavy atom. The van der Waals surface area contributed by atoms with Crippen molar-refractivity contribution in [3.05, 3.63) is 50.7 Å². The number of aryl methyl sites for hydroxylation is 1. The predicted octanol–water partition coefficient (Wildman–Crippen LogP) is 2.38.